The molecule has 0 unspecified atom stereocenters. The maximum atomic E-state index is 13.2. The van der Waals surface area contributed by atoms with Crippen LogP contribution < -0.4 is 21.9 Å². The van der Waals surface area contributed by atoms with Gasteiger partial charge in [0, 0.05) is 14.1 Å². The molecule has 1 amide bonds. The van der Waals surface area contributed by atoms with E-state index in [-0.39, 0.29) is 17.7 Å². The van der Waals surface area contributed by atoms with Crippen LogP contribution in [-0.4, -0.2) is 39.5 Å². The minimum Gasteiger partial charge on any atom is -0.368 e. The summed E-state index contributed by atoms with van der Waals surface area (Å²) < 4.78 is 39.9. The van der Waals surface area contributed by atoms with Gasteiger partial charge in [0.25, 0.3) is 11.5 Å². The number of nitrogens with zero attached hydrogens (tertiary/aromatic N) is 5. The topological polar surface area (TPSA) is 133 Å². The maximum Gasteiger partial charge on any atom is 0.431 e. The molecule has 12 heteroatoms. The lowest BCUT2D eigenvalue weighted by molar-refractivity contribution is -0.144. The van der Waals surface area contributed by atoms with E-state index in [1.807, 2.05) is 0 Å². The molecule has 0 aliphatic heterocycles. The molecule has 0 saturated carbocycles. The summed E-state index contributed by atoms with van der Waals surface area (Å²) in [7, 11) is 3.19. The van der Waals surface area contributed by atoms with Crippen LogP contribution >= 0.6 is 0 Å². The molecule has 0 bridgehead atoms. The van der Waals surface area contributed by atoms with Crippen LogP contribution in [-0.2, 0) is 12.7 Å². The lowest BCUT2D eigenvalue weighted by Gasteiger charge is -2.16. The van der Waals surface area contributed by atoms with E-state index in [1.54, 1.807) is 14.1 Å². The Morgan fingerprint density at radius 3 is 2.40 bits per heavy atom. The number of nitrogens with two attached hydrogens (primary N) is 2. The molecule has 2 heterocycles. The van der Waals surface area contributed by atoms with Crippen LogP contribution in [0.4, 0.5) is 25.1 Å². The monoisotopic (exact) mass is 357 g/mol. The second kappa shape index (κ2) is 6.37. The fourth-order valence-electron chi connectivity index (χ4n) is 2.01. The highest BCUT2D eigenvalue weighted by Crippen LogP contribution is 2.28. The Morgan fingerprint density at radius 2 is 1.88 bits per heavy atom. The Balaban J connectivity index is 2.64. The minimum absolute atomic E-state index is 0.107. The van der Waals surface area contributed by atoms with Gasteiger partial charge in [-0.2, -0.15) is 28.1 Å². The third kappa shape index (κ3) is 3.84. The Kier molecular flexibility index (Phi) is 4.63. The van der Waals surface area contributed by atoms with Crippen molar-refractivity contribution in [3.8, 4) is 0 Å². The predicted molar refractivity (Wildman–Crippen MR) is 81.9 cm³/mol. The number of pyridine rings is 1. The quantitative estimate of drug-likeness (QED) is 0.777. The Morgan fingerprint density at radius 1 is 1.24 bits per heavy atom. The number of halogens is 3. The standard InChI is InChI=1S/C13H14F3N7O2/c1-22(2)12-20-8(19-11(18)21-12)5-23-7(13(14,15)16)4-3-6(9(17)24)10(23)25/h3-4H,5H2,1-2H3,(H2,17,24)(H2,18,19,20,21). The molecule has 9 nitrogen and oxygen atoms in total. The van der Waals surface area contributed by atoms with Crippen LogP contribution in [0.15, 0.2) is 16.9 Å². The summed E-state index contributed by atoms with van der Waals surface area (Å²) in [6.45, 7) is -0.664. The zero-order chi connectivity index (χ0) is 18.9. The Hall–Kier alpha value is -3.18. The van der Waals surface area contributed by atoms with Crippen LogP contribution in [0.1, 0.15) is 21.9 Å². The first-order valence-corrected chi connectivity index (χ1v) is 6.79. The van der Waals surface area contributed by atoms with Crippen molar-refractivity contribution in [3.05, 3.63) is 39.6 Å². The largest absolute Gasteiger partial charge is 0.431 e. The summed E-state index contributed by atoms with van der Waals surface area (Å²) >= 11 is 0. The average molecular weight is 357 g/mol. The molecule has 0 aliphatic carbocycles. The van der Waals surface area contributed by atoms with Crippen molar-refractivity contribution >= 4 is 17.8 Å². The molecule has 2 rings (SSSR count). The normalized spacial score (nSPS) is 11.4. The molecular weight excluding hydrogens is 343 g/mol. The van der Waals surface area contributed by atoms with E-state index in [1.165, 1.54) is 4.90 Å². The molecule has 2 aromatic rings. The lowest BCUT2D eigenvalue weighted by atomic mass is 10.2. The van der Waals surface area contributed by atoms with Gasteiger partial charge in [-0.15, -0.1) is 0 Å². The Bertz CT molecular complexity index is 877. The van der Waals surface area contributed by atoms with Crippen LogP contribution in [0.25, 0.3) is 0 Å². The first kappa shape index (κ1) is 18.2. The highest BCUT2D eigenvalue weighted by Gasteiger charge is 2.35. The van der Waals surface area contributed by atoms with E-state index in [0.29, 0.717) is 10.6 Å². The first-order valence-electron chi connectivity index (χ1n) is 6.79. The van der Waals surface area contributed by atoms with Crippen LogP contribution in [0.2, 0.25) is 0 Å². The van der Waals surface area contributed by atoms with Gasteiger partial charge in [0.05, 0.1) is 6.54 Å². The number of rotatable bonds is 4. The molecule has 0 saturated heterocycles. The number of anilines is 2. The molecule has 134 valence electrons. The third-order valence-electron chi connectivity index (χ3n) is 3.12. The molecule has 0 aromatic carbocycles. The van der Waals surface area contributed by atoms with Gasteiger partial charge in [-0.3, -0.25) is 14.2 Å². The molecular formula is C13H14F3N7O2. The molecule has 0 fully saturated rings. The maximum absolute atomic E-state index is 13.2. The number of primary amides is 1. The number of alkyl halides is 3. The lowest BCUT2D eigenvalue weighted by Crippen LogP contribution is -2.34. The number of amides is 1. The van der Waals surface area contributed by atoms with E-state index in [0.717, 1.165) is 6.07 Å². The SMILES string of the molecule is CN(C)c1nc(N)nc(Cn2c(C(F)(F)F)ccc(C(N)=O)c2=O)n1. The smallest absolute Gasteiger partial charge is 0.368 e. The zero-order valence-electron chi connectivity index (χ0n) is 13.2. The predicted octanol–water partition coefficient (Wildman–Crippen LogP) is -0.152. The second-order valence-electron chi connectivity index (χ2n) is 5.19. The van der Waals surface area contributed by atoms with E-state index in [9.17, 15) is 22.8 Å². The molecule has 4 N–H and O–H groups in total. The number of carbonyl (C=O) groups is 1. The van der Waals surface area contributed by atoms with Gasteiger partial charge >= 0.3 is 6.18 Å². The van der Waals surface area contributed by atoms with Crippen molar-refractivity contribution in [1.29, 1.82) is 0 Å². The van der Waals surface area contributed by atoms with Gasteiger partial charge in [-0.25, -0.2) is 0 Å². The third-order valence-corrected chi connectivity index (χ3v) is 3.12. The van der Waals surface area contributed by atoms with Gasteiger partial charge in [-0.05, 0) is 12.1 Å². The summed E-state index contributed by atoms with van der Waals surface area (Å²) in [4.78, 5) is 36.4. The summed E-state index contributed by atoms with van der Waals surface area (Å²) in [5, 5.41) is 0. The van der Waals surface area contributed by atoms with E-state index >= 15 is 0 Å². The summed E-state index contributed by atoms with van der Waals surface area (Å²) in [5.41, 5.74) is 7.49. The fraction of sp³-hybridized carbons (Fsp3) is 0.308. The van der Waals surface area contributed by atoms with Crippen LogP contribution in [0.5, 0.6) is 0 Å². The summed E-state index contributed by atoms with van der Waals surface area (Å²) in [5.74, 6) is -1.43. The van der Waals surface area contributed by atoms with E-state index in [4.69, 9.17) is 11.5 Å². The van der Waals surface area contributed by atoms with E-state index < -0.39 is 35.4 Å². The molecule has 0 atom stereocenters. The van der Waals surface area contributed by atoms with Crippen LogP contribution in [0.3, 0.4) is 0 Å². The highest BCUT2D eigenvalue weighted by molar-refractivity contribution is 5.92. The van der Waals surface area contributed by atoms with E-state index in [2.05, 4.69) is 15.0 Å². The van der Waals surface area contributed by atoms with Gasteiger partial charge in [0.2, 0.25) is 11.9 Å². The summed E-state index contributed by atoms with van der Waals surface area (Å²) in [6, 6.07) is 1.33. The van der Waals surface area contributed by atoms with Gasteiger partial charge in [0.1, 0.15) is 11.3 Å². The van der Waals surface area contributed by atoms with Crippen LogP contribution in [0, 0.1) is 0 Å². The first-order chi connectivity index (χ1) is 11.5. The van der Waals surface area contributed by atoms with Gasteiger partial charge in [-0.1, -0.05) is 0 Å². The molecule has 0 radical (unpaired) electrons. The minimum atomic E-state index is -4.84. The number of hydrogen-bond acceptors (Lipinski definition) is 7. The number of hydrogen-bond donors (Lipinski definition) is 2. The number of aromatic nitrogens is 4. The van der Waals surface area contributed by atoms with Crippen molar-refractivity contribution in [2.75, 3.05) is 24.7 Å². The summed E-state index contributed by atoms with van der Waals surface area (Å²) in [6.07, 6.45) is -4.84. The number of nitrogen functional groups attached to an aromatic ring is 1. The average Bonchev–Trinajstić information content (AvgIpc) is 2.47. The number of carbonyl (C=O) groups excluding carboxylic acids is 1. The van der Waals surface area contributed by atoms with Crippen molar-refractivity contribution in [2.24, 2.45) is 5.73 Å². The molecule has 0 spiro atoms. The van der Waals surface area contributed by atoms with Crippen molar-refractivity contribution in [1.82, 2.24) is 19.5 Å². The van der Waals surface area contributed by atoms with Crippen molar-refractivity contribution in [2.45, 2.75) is 12.7 Å². The molecule has 2 aromatic heterocycles. The zero-order valence-corrected chi connectivity index (χ0v) is 13.2. The molecule has 25 heavy (non-hydrogen) atoms. The molecule has 0 aliphatic rings. The van der Waals surface area contributed by atoms with Gasteiger partial charge < -0.3 is 16.4 Å². The van der Waals surface area contributed by atoms with Crippen molar-refractivity contribution < 1.29 is 18.0 Å². The van der Waals surface area contributed by atoms with Crippen molar-refractivity contribution in [3.63, 3.8) is 0 Å². The highest BCUT2D eigenvalue weighted by atomic mass is 19.4. The second-order valence-corrected chi connectivity index (χ2v) is 5.19. The van der Waals surface area contributed by atoms with Gasteiger partial charge in [0.15, 0.2) is 5.82 Å². The fourth-order valence-corrected chi connectivity index (χ4v) is 2.01. The Labute approximate surface area is 139 Å².